The Labute approximate surface area is 95.7 Å². The maximum atomic E-state index is 13.4. The van der Waals surface area contributed by atoms with Crippen molar-refractivity contribution in [3.8, 4) is 0 Å². The maximum Gasteiger partial charge on any atom is 0.184 e. The Bertz CT molecular complexity index is 388. The van der Waals surface area contributed by atoms with E-state index in [1.165, 1.54) is 6.08 Å². The molecular weight excluding hydrogens is 203 g/mol. The van der Waals surface area contributed by atoms with E-state index < -0.39 is 0 Å². The third-order valence-electron chi connectivity index (χ3n) is 3.24. The first kappa shape index (κ1) is 11.3. The van der Waals surface area contributed by atoms with E-state index in [4.69, 9.17) is 0 Å². The van der Waals surface area contributed by atoms with Gasteiger partial charge in [-0.3, -0.25) is 4.79 Å². The average Bonchev–Trinajstić information content (AvgIpc) is 2.14. The van der Waals surface area contributed by atoms with Crippen molar-refractivity contribution in [2.75, 3.05) is 0 Å². The minimum Gasteiger partial charge on any atom is -0.289 e. The van der Waals surface area contributed by atoms with E-state index in [0.29, 0.717) is 12.0 Å². The van der Waals surface area contributed by atoms with Gasteiger partial charge in [0.25, 0.3) is 0 Å². The van der Waals surface area contributed by atoms with E-state index >= 15 is 0 Å². The Balaban J connectivity index is 2.10. The molecule has 0 N–H and O–H groups in total. The fourth-order valence-electron chi connectivity index (χ4n) is 2.26. The molecule has 2 heteroatoms. The molecule has 2 rings (SSSR count). The molecule has 16 heavy (non-hydrogen) atoms. The van der Waals surface area contributed by atoms with Gasteiger partial charge in [0.05, 0.1) is 0 Å². The second kappa shape index (κ2) is 4.77. The molecule has 0 aromatic rings. The molecule has 1 unspecified atom stereocenters. The van der Waals surface area contributed by atoms with Crippen molar-refractivity contribution in [2.45, 2.75) is 39.0 Å². The molecule has 1 atom stereocenters. The van der Waals surface area contributed by atoms with Crippen molar-refractivity contribution < 1.29 is 9.18 Å². The first-order valence-corrected chi connectivity index (χ1v) is 6.02. The smallest absolute Gasteiger partial charge is 0.184 e. The number of halogens is 1. The molecule has 0 aromatic heterocycles. The standard InChI is InChI=1S/C14H17FO/c1-2-4-10-7-12(9-13(15)8-10)14(16)11-5-3-6-11/h5,8-10H,2-4,6-7H2,1H3. The number of ketones is 1. The molecule has 2 aliphatic carbocycles. The molecule has 0 amide bonds. The van der Waals surface area contributed by atoms with Gasteiger partial charge in [0.1, 0.15) is 5.83 Å². The van der Waals surface area contributed by atoms with E-state index in [1.54, 1.807) is 6.08 Å². The number of carbonyl (C=O) groups is 1. The number of Topliss-reactive ketones (excluding diaryl/α,β-unsaturated/α-hetero) is 1. The summed E-state index contributed by atoms with van der Waals surface area (Å²) in [6.07, 6.45) is 9.55. The lowest BCUT2D eigenvalue weighted by Gasteiger charge is -2.21. The lowest BCUT2D eigenvalue weighted by molar-refractivity contribution is -0.112. The first-order chi connectivity index (χ1) is 7.70. The van der Waals surface area contributed by atoms with Crippen molar-refractivity contribution in [3.63, 3.8) is 0 Å². The lowest BCUT2D eigenvalue weighted by Crippen LogP contribution is -2.15. The van der Waals surface area contributed by atoms with Gasteiger partial charge in [-0.15, -0.1) is 0 Å². The predicted octanol–water partition coefficient (Wildman–Crippen LogP) is 3.88. The largest absolute Gasteiger partial charge is 0.289 e. The van der Waals surface area contributed by atoms with Gasteiger partial charge in [-0.05, 0) is 49.3 Å². The van der Waals surface area contributed by atoms with Crippen LogP contribution < -0.4 is 0 Å². The van der Waals surface area contributed by atoms with Crippen LogP contribution in [0.25, 0.3) is 0 Å². The second-order valence-electron chi connectivity index (χ2n) is 4.57. The van der Waals surface area contributed by atoms with Crippen molar-refractivity contribution >= 4 is 5.78 Å². The van der Waals surface area contributed by atoms with E-state index in [9.17, 15) is 9.18 Å². The fourth-order valence-corrected chi connectivity index (χ4v) is 2.26. The molecule has 0 aromatic carbocycles. The van der Waals surface area contributed by atoms with Gasteiger partial charge in [-0.2, -0.15) is 0 Å². The average molecular weight is 220 g/mol. The van der Waals surface area contributed by atoms with Crippen LogP contribution in [0, 0.1) is 5.92 Å². The monoisotopic (exact) mass is 220 g/mol. The second-order valence-corrected chi connectivity index (χ2v) is 4.57. The Morgan fingerprint density at radius 3 is 2.81 bits per heavy atom. The summed E-state index contributed by atoms with van der Waals surface area (Å²) in [5, 5.41) is 0. The lowest BCUT2D eigenvalue weighted by atomic mass is 9.83. The summed E-state index contributed by atoms with van der Waals surface area (Å²) in [5.41, 5.74) is 1.53. The van der Waals surface area contributed by atoms with E-state index in [1.807, 2.05) is 6.08 Å². The molecule has 0 saturated heterocycles. The zero-order valence-corrected chi connectivity index (χ0v) is 9.63. The highest BCUT2D eigenvalue weighted by molar-refractivity contribution is 6.09. The van der Waals surface area contributed by atoms with Crippen LogP contribution in [-0.4, -0.2) is 5.78 Å². The summed E-state index contributed by atoms with van der Waals surface area (Å²) >= 11 is 0. The van der Waals surface area contributed by atoms with Gasteiger partial charge < -0.3 is 0 Å². The fraction of sp³-hybridized carbons (Fsp3) is 0.500. The van der Waals surface area contributed by atoms with Crippen molar-refractivity contribution in [1.29, 1.82) is 0 Å². The predicted molar refractivity (Wildman–Crippen MR) is 62.6 cm³/mol. The van der Waals surface area contributed by atoms with Gasteiger partial charge in [0.15, 0.2) is 5.78 Å². The molecule has 0 aliphatic heterocycles. The summed E-state index contributed by atoms with van der Waals surface area (Å²) in [4.78, 5) is 11.9. The molecule has 1 nitrogen and oxygen atoms in total. The summed E-state index contributed by atoms with van der Waals surface area (Å²) < 4.78 is 13.4. The quantitative estimate of drug-likeness (QED) is 0.702. The Morgan fingerprint density at radius 2 is 2.25 bits per heavy atom. The minimum absolute atomic E-state index is 0.0654. The topological polar surface area (TPSA) is 17.1 Å². The van der Waals surface area contributed by atoms with Crippen LogP contribution >= 0.6 is 0 Å². The number of allylic oxidation sites excluding steroid dienone is 6. The SMILES string of the molecule is CCCC1C=C(F)C=C(C(=O)C2=CCC2)C1. The van der Waals surface area contributed by atoms with E-state index in [-0.39, 0.29) is 17.5 Å². The van der Waals surface area contributed by atoms with Crippen LogP contribution in [0.4, 0.5) is 4.39 Å². The highest BCUT2D eigenvalue weighted by Gasteiger charge is 2.23. The van der Waals surface area contributed by atoms with Gasteiger partial charge in [-0.1, -0.05) is 19.4 Å². The Kier molecular flexibility index (Phi) is 3.37. The molecule has 0 spiro atoms. The molecule has 0 heterocycles. The molecule has 0 radical (unpaired) electrons. The molecule has 0 saturated carbocycles. The number of rotatable bonds is 4. The van der Waals surface area contributed by atoms with Crippen molar-refractivity contribution in [2.24, 2.45) is 5.92 Å². The van der Waals surface area contributed by atoms with Gasteiger partial charge in [-0.25, -0.2) is 4.39 Å². The van der Waals surface area contributed by atoms with Gasteiger partial charge in [0.2, 0.25) is 0 Å². The molecule has 2 aliphatic rings. The van der Waals surface area contributed by atoms with Crippen LogP contribution in [0.15, 0.2) is 35.2 Å². The molecule has 0 bridgehead atoms. The highest BCUT2D eigenvalue weighted by Crippen LogP contribution is 2.31. The summed E-state index contributed by atoms with van der Waals surface area (Å²) in [7, 11) is 0. The Morgan fingerprint density at radius 1 is 1.50 bits per heavy atom. The normalized spacial score (nSPS) is 24.1. The third kappa shape index (κ3) is 2.31. The minimum atomic E-state index is -0.243. The number of hydrogen-bond donors (Lipinski definition) is 0. The van der Waals surface area contributed by atoms with Gasteiger partial charge >= 0.3 is 0 Å². The third-order valence-corrected chi connectivity index (χ3v) is 3.24. The van der Waals surface area contributed by atoms with Crippen LogP contribution in [0.2, 0.25) is 0 Å². The van der Waals surface area contributed by atoms with Crippen LogP contribution in [0.1, 0.15) is 39.0 Å². The zero-order valence-electron chi connectivity index (χ0n) is 9.63. The van der Waals surface area contributed by atoms with Crippen LogP contribution in [0.5, 0.6) is 0 Å². The number of carbonyl (C=O) groups excluding carboxylic acids is 1. The first-order valence-electron chi connectivity index (χ1n) is 6.02. The van der Waals surface area contributed by atoms with E-state index in [2.05, 4.69) is 6.92 Å². The van der Waals surface area contributed by atoms with Crippen LogP contribution in [0.3, 0.4) is 0 Å². The van der Waals surface area contributed by atoms with Gasteiger partial charge in [0, 0.05) is 5.57 Å². The number of hydrogen-bond acceptors (Lipinski definition) is 1. The van der Waals surface area contributed by atoms with Crippen molar-refractivity contribution in [3.05, 3.63) is 35.2 Å². The Hall–Kier alpha value is -1.18. The molecule has 0 fully saturated rings. The van der Waals surface area contributed by atoms with Crippen molar-refractivity contribution in [1.82, 2.24) is 0 Å². The van der Waals surface area contributed by atoms with E-state index in [0.717, 1.165) is 31.3 Å². The summed E-state index contributed by atoms with van der Waals surface area (Å²) in [6, 6.07) is 0. The zero-order chi connectivity index (χ0) is 11.5. The maximum absolute atomic E-state index is 13.4. The highest BCUT2D eigenvalue weighted by atomic mass is 19.1. The summed E-state index contributed by atoms with van der Waals surface area (Å²) in [5.74, 6) is 0.0261. The molecule has 86 valence electrons. The van der Waals surface area contributed by atoms with Crippen LogP contribution in [-0.2, 0) is 4.79 Å². The summed E-state index contributed by atoms with van der Waals surface area (Å²) in [6.45, 7) is 2.08. The molecular formula is C14H17FO.